The molecular formula is C9H7Cl3N2O5S. The third-order valence-corrected chi connectivity index (χ3v) is 3.95. The molecule has 0 unspecified atom stereocenters. The number of carbonyl (C=O) groups excluding carboxylic acids is 2. The molecule has 1 aromatic rings. The van der Waals surface area contributed by atoms with Crippen LogP contribution in [0.4, 0.5) is 4.79 Å². The number of rotatable bonds is 4. The quantitative estimate of drug-likeness (QED) is 0.788. The van der Waals surface area contributed by atoms with Gasteiger partial charge in [0.15, 0.2) is 6.61 Å². The van der Waals surface area contributed by atoms with Gasteiger partial charge in [-0.2, -0.15) is 0 Å². The number of urea groups is 1. The second-order valence-corrected chi connectivity index (χ2v) is 6.70. The van der Waals surface area contributed by atoms with Crippen LogP contribution in [0.15, 0.2) is 17.0 Å². The number of carbonyl (C=O) groups is 2. The Labute approximate surface area is 128 Å². The Hall–Kier alpha value is -1.22. The number of amides is 3. The number of ether oxygens (including phenoxy) is 1. The Morgan fingerprint density at radius 1 is 1.25 bits per heavy atom. The van der Waals surface area contributed by atoms with E-state index in [0.717, 1.165) is 12.1 Å². The van der Waals surface area contributed by atoms with Gasteiger partial charge in [0.25, 0.3) is 15.0 Å². The summed E-state index contributed by atoms with van der Waals surface area (Å²) in [6, 6.07) is 1.02. The summed E-state index contributed by atoms with van der Waals surface area (Å²) in [6.45, 7) is -0.564. The van der Waals surface area contributed by atoms with Gasteiger partial charge in [0, 0.05) is 16.7 Å². The second-order valence-electron chi connectivity index (χ2n) is 3.35. The number of benzene rings is 1. The summed E-state index contributed by atoms with van der Waals surface area (Å²) in [6.07, 6.45) is 0. The van der Waals surface area contributed by atoms with Gasteiger partial charge in [-0.3, -0.25) is 10.1 Å². The van der Waals surface area contributed by atoms with Gasteiger partial charge in [-0.1, -0.05) is 23.2 Å². The summed E-state index contributed by atoms with van der Waals surface area (Å²) in [5.41, 5.74) is 4.73. The summed E-state index contributed by atoms with van der Waals surface area (Å²) in [5.74, 6) is -0.862. The van der Waals surface area contributed by atoms with Crippen molar-refractivity contribution in [2.75, 3.05) is 6.61 Å². The van der Waals surface area contributed by atoms with Gasteiger partial charge in [-0.15, -0.1) is 0 Å². The number of primary amides is 1. The normalized spacial score (nSPS) is 10.9. The van der Waals surface area contributed by atoms with Gasteiger partial charge in [0.05, 0.1) is 10.0 Å². The highest BCUT2D eigenvalue weighted by Crippen LogP contribution is 2.34. The topological polar surface area (TPSA) is 116 Å². The fourth-order valence-electron chi connectivity index (χ4n) is 1.12. The molecule has 3 amide bonds. The lowest BCUT2D eigenvalue weighted by atomic mass is 10.3. The molecule has 0 radical (unpaired) electrons. The first-order valence-corrected chi connectivity index (χ1v) is 7.83. The molecule has 0 spiro atoms. The monoisotopic (exact) mass is 360 g/mol. The summed E-state index contributed by atoms with van der Waals surface area (Å²) in [7, 11) is 1.09. The molecule has 0 aromatic heterocycles. The molecule has 0 saturated heterocycles. The van der Waals surface area contributed by atoms with E-state index in [0.29, 0.717) is 0 Å². The maximum Gasteiger partial charge on any atom is 0.318 e. The molecule has 7 nitrogen and oxygen atoms in total. The highest BCUT2D eigenvalue weighted by Gasteiger charge is 2.18. The minimum absolute atomic E-state index is 0.0552. The molecule has 0 saturated carbocycles. The van der Waals surface area contributed by atoms with Gasteiger partial charge >= 0.3 is 6.03 Å². The van der Waals surface area contributed by atoms with E-state index in [1.54, 1.807) is 5.32 Å². The molecular weight excluding hydrogens is 355 g/mol. The Balaban J connectivity index is 2.91. The largest absolute Gasteiger partial charge is 0.482 e. The van der Waals surface area contributed by atoms with Crippen molar-refractivity contribution >= 4 is 54.9 Å². The summed E-state index contributed by atoms with van der Waals surface area (Å²) in [5, 5.41) is 1.41. The molecule has 20 heavy (non-hydrogen) atoms. The maximum atomic E-state index is 11.2. The van der Waals surface area contributed by atoms with Crippen molar-refractivity contribution in [1.82, 2.24) is 5.32 Å². The molecule has 1 rings (SSSR count). The number of nitrogens with two attached hydrogens (primary N) is 1. The van der Waals surface area contributed by atoms with Crippen molar-refractivity contribution in [2.24, 2.45) is 5.73 Å². The predicted molar refractivity (Wildman–Crippen MR) is 72.7 cm³/mol. The van der Waals surface area contributed by atoms with E-state index >= 15 is 0 Å². The van der Waals surface area contributed by atoms with Gasteiger partial charge in [0.1, 0.15) is 10.6 Å². The molecule has 0 aliphatic rings. The van der Waals surface area contributed by atoms with Crippen LogP contribution in [0.3, 0.4) is 0 Å². The number of hydrogen-bond donors (Lipinski definition) is 2. The van der Waals surface area contributed by atoms with Crippen molar-refractivity contribution in [1.29, 1.82) is 0 Å². The molecule has 0 atom stereocenters. The van der Waals surface area contributed by atoms with E-state index in [2.05, 4.69) is 0 Å². The average Bonchev–Trinajstić information content (AvgIpc) is 2.27. The number of imide groups is 1. The van der Waals surface area contributed by atoms with E-state index in [4.69, 9.17) is 44.4 Å². The van der Waals surface area contributed by atoms with Crippen molar-refractivity contribution in [3.8, 4) is 5.75 Å². The number of nitrogens with one attached hydrogen (secondary N) is 1. The zero-order chi connectivity index (χ0) is 15.5. The molecule has 1 aromatic carbocycles. The molecule has 110 valence electrons. The second kappa shape index (κ2) is 6.49. The fourth-order valence-corrected chi connectivity index (χ4v) is 2.92. The van der Waals surface area contributed by atoms with Crippen LogP contribution in [0.2, 0.25) is 10.0 Å². The third kappa shape index (κ3) is 4.71. The minimum Gasteiger partial charge on any atom is -0.482 e. The van der Waals surface area contributed by atoms with Crippen molar-refractivity contribution in [2.45, 2.75) is 4.90 Å². The van der Waals surface area contributed by atoms with E-state index in [-0.39, 0.29) is 20.7 Å². The summed E-state index contributed by atoms with van der Waals surface area (Å²) < 4.78 is 27.3. The van der Waals surface area contributed by atoms with Crippen LogP contribution in [0.5, 0.6) is 5.75 Å². The number of hydrogen-bond acceptors (Lipinski definition) is 5. The molecule has 0 bridgehead atoms. The van der Waals surface area contributed by atoms with Gasteiger partial charge in [-0.25, -0.2) is 13.2 Å². The summed E-state index contributed by atoms with van der Waals surface area (Å²) in [4.78, 5) is 21.1. The predicted octanol–water partition coefficient (Wildman–Crippen LogP) is 1.49. The molecule has 11 heteroatoms. The van der Waals surface area contributed by atoms with Crippen molar-refractivity contribution in [3.63, 3.8) is 0 Å². The standard InChI is InChI=1S/C9H7Cl3N2O5S/c10-4-2-7(20(12,17)18)5(11)1-6(4)19-3-8(15)14-9(13)16/h1-2H,3H2,(H3,13,14,15,16). The van der Waals surface area contributed by atoms with Gasteiger partial charge in [0.2, 0.25) is 0 Å². The van der Waals surface area contributed by atoms with Crippen molar-refractivity contribution in [3.05, 3.63) is 22.2 Å². The Kier molecular flexibility index (Phi) is 5.46. The van der Waals surface area contributed by atoms with Crippen molar-refractivity contribution < 1.29 is 22.7 Å². The molecule has 0 heterocycles. The minimum atomic E-state index is -4.06. The first kappa shape index (κ1) is 16.8. The van der Waals surface area contributed by atoms with Crippen LogP contribution >= 0.6 is 33.9 Å². The van der Waals surface area contributed by atoms with Crippen LogP contribution in [0.25, 0.3) is 0 Å². The van der Waals surface area contributed by atoms with Crippen LogP contribution in [0.1, 0.15) is 0 Å². The van der Waals surface area contributed by atoms with Crippen LogP contribution in [-0.2, 0) is 13.8 Å². The average molecular weight is 362 g/mol. The fraction of sp³-hybridized carbons (Fsp3) is 0.111. The van der Waals surface area contributed by atoms with Crippen LogP contribution in [0, 0.1) is 0 Å². The molecule has 0 aliphatic heterocycles. The van der Waals surface area contributed by atoms with E-state index in [9.17, 15) is 18.0 Å². The van der Waals surface area contributed by atoms with Gasteiger partial charge in [-0.05, 0) is 6.07 Å². The lowest BCUT2D eigenvalue weighted by Crippen LogP contribution is -2.38. The lowest BCUT2D eigenvalue weighted by Gasteiger charge is -2.09. The smallest absolute Gasteiger partial charge is 0.318 e. The van der Waals surface area contributed by atoms with Gasteiger partial charge < -0.3 is 10.5 Å². The van der Waals surface area contributed by atoms with Crippen LogP contribution in [-0.4, -0.2) is 27.0 Å². The zero-order valence-corrected chi connectivity index (χ0v) is 12.6. The SMILES string of the molecule is NC(=O)NC(=O)COc1cc(Cl)c(S(=O)(=O)Cl)cc1Cl. The maximum absolute atomic E-state index is 11.2. The Morgan fingerprint density at radius 3 is 2.35 bits per heavy atom. The first-order chi connectivity index (χ1) is 9.11. The lowest BCUT2D eigenvalue weighted by molar-refractivity contribution is -0.121. The first-order valence-electron chi connectivity index (χ1n) is 4.77. The Bertz CT molecular complexity index is 662. The zero-order valence-electron chi connectivity index (χ0n) is 9.52. The third-order valence-electron chi connectivity index (χ3n) is 1.87. The highest BCUT2D eigenvalue weighted by molar-refractivity contribution is 8.13. The van der Waals surface area contributed by atoms with Crippen LogP contribution < -0.4 is 15.8 Å². The Morgan fingerprint density at radius 2 is 1.85 bits per heavy atom. The number of halogens is 3. The molecule has 0 aliphatic carbocycles. The molecule has 3 N–H and O–H groups in total. The van der Waals surface area contributed by atoms with E-state index in [1.807, 2.05) is 0 Å². The molecule has 0 fully saturated rings. The van der Waals surface area contributed by atoms with E-state index < -0.39 is 27.6 Å². The van der Waals surface area contributed by atoms with E-state index in [1.165, 1.54) is 0 Å². The highest BCUT2D eigenvalue weighted by atomic mass is 35.7. The summed E-state index contributed by atoms with van der Waals surface area (Å²) >= 11 is 11.5.